The first-order valence-corrected chi connectivity index (χ1v) is 35.3. The minimum Gasteiger partial charge on any atom is -0.0625 e. The molecule has 0 heterocycles. The molecule has 0 nitrogen and oxygen atoms in total. The third kappa shape index (κ3) is 30.2. The lowest BCUT2D eigenvalue weighted by Gasteiger charge is -2.42. The van der Waals surface area contributed by atoms with Gasteiger partial charge in [0.2, 0.25) is 0 Å². The van der Waals surface area contributed by atoms with Crippen LogP contribution in [0.1, 0.15) is 362 Å². The smallest absolute Gasteiger partial charge is 0.0337 e. The molecule has 78 heavy (non-hydrogen) atoms. The van der Waals surface area contributed by atoms with Gasteiger partial charge in [0.25, 0.3) is 0 Å². The Hall–Kier alpha value is 0. The molecule has 0 N–H and O–H groups in total. The third-order valence-corrected chi connectivity index (χ3v) is 22.9. The molecule has 468 valence electrons. The van der Waals surface area contributed by atoms with Gasteiger partial charge in [-0.25, -0.2) is 0 Å². The minimum absolute atomic E-state index is 0.542. The number of hydrogen-bond donors (Lipinski definition) is 0. The Bertz CT molecular complexity index is 1500. The molecule has 0 amide bonds. The Labute approximate surface area is 498 Å². The predicted octanol–water partition coefficient (Wildman–Crippen LogP) is 27.0. The maximum Gasteiger partial charge on any atom is -0.0337 e. The zero-order valence-electron chi connectivity index (χ0n) is 60.6. The zero-order chi connectivity index (χ0) is 60.6. The molecule has 0 bridgehead atoms. The highest BCUT2D eigenvalue weighted by Gasteiger charge is 2.42. The molecule has 8 fully saturated rings. The fourth-order valence-electron chi connectivity index (χ4n) is 16.2. The van der Waals surface area contributed by atoms with Gasteiger partial charge in [0.15, 0.2) is 0 Å². The van der Waals surface area contributed by atoms with Crippen molar-refractivity contribution in [3.8, 4) is 0 Å². The largest absolute Gasteiger partial charge is 0.0625 e. The lowest BCUT2D eigenvalue weighted by Crippen LogP contribution is -2.32. The molecule has 0 heteroatoms. The van der Waals surface area contributed by atoms with Gasteiger partial charge in [0.05, 0.1) is 0 Å². The maximum atomic E-state index is 2.43. The summed E-state index contributed by atoms with van der Waals surface area (Å²) in [4.78, 5) is 0. The summed E-state index contributed by atoms with van der Waals surface area (Å²) in [6.07, 6.45) is 33.7. The second-order valence-corrected chi connectivity index (χ2v) is 38.0. The maximum absolute atomic E-state index is 2.43. The summed E-state index contributed by atoms with van der Waals surface area (Å²) < 4.78 is 0. The van der Waals surface area contributed by atoms with Crippen molar-refractivity contribution in [1.82, 2.24) is 0 Å². The van der Waals surface area contributed by atoms with Gasteiger partial charge in [-0.2, -0.15) is 0 Å². The SMILES string of the molecule is CC(C)C1CCC1C.CC1CC(C(C)(C)C)C1.CC1CC1C(C)(C)C.CC1CCC(C(C)(C)C)C1.CC1CCC(C(C)(C)C)CC1.CC1CCCC(C(C)(C)C)C1.CC1CCCC1C(C)(C)C.CC1CCCCC1C(C)(C)C. The monoisotopic (exact) mass is 1090 g/mol. The molecule has 0 aromatic heterocycles. The first-order chi connectivity index (χ1) is 35.3. The van der Waals surface area contributed by atoms with Crippen LogP contribution < -0.4 is 0 Å². The van der Waals surface area contributed by atoms with E-state index in [-0.39, 0.29) is 0 Å². The van der Waals surface area contributed by atoms with E-state index < -0.39 is 0 Å². The second kappa shape index (κ2) is 33.1. The van der Waals surface area contributed by atoms with E-state index in [4.69, 9.17) is 0 Å². The summed E-state index contributed by atoms with van der Waals surface area (Å²) in [6.45, 7) is 73.5. The Morgan fingerprint density at radius 1 is 0.231 bits per heavy atom. The highest BCUT2D eigenvalue weighted by atomic mass is 14.5. The van der Waals surface area contributed by atoms with Crippen molar-refractivity contribution in [2.75, 3.05) is 0 Å². The van der Waals surface area contributed by atoms with Gasteiger partial charge in [0.1, 0.15) is 0 Å². The quantitative estimate of drug-likeness (QED) is 0.246. The van der Waals surface area contributed by atoms with Crippen LogP contribution in [0, 0.1) is 139 Å². The van der Waals surface area contributed by atoms with E-state index in [1.54, 1.807) is 0 Å². The van der Waals surface area contributed by atoms with E-state index in [0.29, 0.717) is 37.9 Å². The first kappa shape index (κ1) is 76.0. The lowest BCUT2D eigenvalue weighted by atomic mass is 9.64. The topological polar surface area (TPSA) is 0 Å². The summed E-state index contributed by atoms with van der Waals surface area (Å²) in [5.74, 6) is 16.8. The van der Waals surface area contributed by atoms with Crippen molar-refractivity contribution in [2.24, 2.45) is 139 Å². The van der Waals surface area contributed by atoms with Crippen LogP contribution in [0.3, 0.4) is 0 Å². The highest BCUT2D eigenvalue weighted by Crippen LogP contribution is 2.50. The van der Waals surface area contributed by atoms with Gasteiger partial charge >= 0.3 is 0 Å². The number of rotatable bonds is 1. The Morgan fingerprint density at radius 3 is 0.769 bits per heavy atom. The average Bonchev–Trinajstić information content (AvgIpc) is 3.59. The van der Waals surface area contributed by atoms with Crippen molar-refractivity contribution >= 4 is 0 Å². The van der Waals surface area contributed by atoms with Crippen LogP contribution >= 0.6 is 0 Å². The van der Waals surface area contributed by atoms with E-state index in [1.807, 2.05) is 0 Å². The van der Waals surface area contributed by atoms with Crippen LogP contribution in [0.25, 0.3) is 0 Å². The highest BCUT2D eigenvalue weighted by molar-refractivity contribution is 4.91. The van der Waals surface area contributed by atoms with Crippen LogP contribution in [0.4, 0.5) is 0 Å². The normalized spacial score (nSPS) is 35.1. The molecule has 12 atom stereocenters. The van der Waals surface area contributed by atoms with Crippen molar-refractivity contribution in [3.63, 3.8) is 0 Å². The molecule has 8 aliphatic rings. The van der Waals surface area contributed by atoms with E-state index in [9.17, 15) is 0 Å². The molecule has 0 radical (unpaired) electrons. The molecule has 0 saturated heterocycles. The van der Waals surface area contributed by atoms with Gasteiger partial charge in [-0.1, -0.05) is 285 Å². The lowest BCUT2D eigenvalue weighted by molar-refractivity contribution is 0.0864. The molecule has 0 aromatic carbocycles. The van der Waals surface area contributed by atoms with Crippen LogP contribution in [0.5, 0.6) is 0 Å². The predicted molar refractivity (Wildman–Crippen MR) is 358 cm³/mol. The summed E-state index contributed by atoms with van der Waals surface area (Å²) in [5, 5.41) is 0. The van der Waals surface area contributed by atoms with E-state index in [2.05, 4.69) is 215 Å². The van der Waals surface area contributed by atoms with Crippen LogP contribution in [-0.4, -0.2) is 0 Å². The van der Waals surface area contributed by atoms with Crippen molar-refractivity contribution in [3.05, 3.63) is 0 Å². The van der Waals surface area contributed by atoms with Crippen molar-refractivity contribution in [1.29, 1.82) is 0 Å². The van der Waals surface area contributed by atoms with Crippen LogP contribution in [0.15, 0.2) is 0 Å². The third-order valence-electron chi connectivity index (χ3n) is 22.9. The van der Waals surface area contributed by atoms with Crippen molar-refractivity contribution in [2.45, 2.75) is 362 Å². The second-order valence-electron chi connectivity index (χ2n) is 38.0. The Morgan fingerprint density at radius 2 is 0.564 bits per heavy atom. The van der Waals surface area contributed by atoms with E-state index in [1.165, 1.54) is 148 Å². The van der Waals surface area contributed by atoms with Gasteiger partial charge in [-0.15, -0.1) is 0 Å². The fourth-order valence-corrected chi connectivity index (χ4v) is 16.2. The van der Waals surface area contributed by atoms with Crippen LogP contribution in [-0.2, 0) is 0 Å². The molecule has 0 spiro atoms. The molecule has 12 unspecified atom stereocenters. The summed E-state index contributed by atoms with van der Waals surface area (Å²) in [7, 11) is 0. The van der Waals surface area contributed by atoms with Crippen LogP contribution in [0.2, 0.25) is 0 Å². The van der Waals surface area contributed by atoms with Gasteiger partial charge < -0.3 is 0 Å². The van der Waals surface area contributed by atoms with Gasteiger partial charge in [0, 0.05) is 0 Å². The van der Waals surface area contributed by atoms with Gasteiger partial charge in [-0.05, 0) is 216 Å². The molecular weight excluding hydrogens is 937 g/mol. The molecule has 8 aliphatic carbocycles. The minimum atomic E-state index is 0.542. The zero-order valence-corrected chi connectivity index (χ0v) is 60.6. The number of hydrogen-bond acceptors (Lipinski definition) is 0. The summed E-state index contributed by atoms with van der Waals surface area (Å²) in [6, 6.07) is 0. The summed E-state index contributed by atoms with van der Waals surface area (Å²) in [5.41, 5.74) is 3.92. The van der Waals surface area contributed by atoms with Crippen molar-refractivity contribution < 1.29 is 0 Å². The van der Waals surface area contributed by atoms with E-state index in [0.717, 1.165) is 101 Å². The molecule has 8 saturated carbocycles. The Balaban J connectivity index is 0.000000447. The molecular formula is C78H156. The molecule has 0 aliphatic heterocycles. The standard InChI is InChI=1S/3C11H22.2C10H20.C9H18.2C8H16/c1-9-5-7-10(8-6-9)11(2,3)4;1-9-6-5-7-10(8-9)11(2,3)4;1-9-7-5-6-8-10(9)11(2,3)4;1-8-5-6-9(7-8)10(2,3)4;1-8-6-5-7-9(8)10(2,3)4;1-7-5-8(6-7)9(2,3)4;1-6-5-7(6)8(2,3)4;1-6(2)8-5-4-7(8)3/h3*9-10H,5-8H2,1-4H3;2*8-9H,5-7H2,1-4H3;7-8H,5-6H2,1-4H3;6-7H,5H2,1-4H3;6-8H,4-5H2,1-3H3. The molecule has 0 aromatic rings. The molecule has 8 rings (SSSR count). The average molecular weight is 1090 g/mol. The summed E-state index contributed by atoms with van der Waals surface area (Å²) >= 11 is 0. The van der Waals surface area contributed by atoms with E-state index >= 15 is 0 Å². The fraction of sp³-hybridized carbons (Fsp3) is 1.00. The Kier molecular flexibility index (Phi) is 32.2. The first-order valence-electron chi connectivity index (χ1n) is 35.3. The van der Waals surface area contributed by atoms with Gasteiger partial charge in [-0.3, -0.25) is 0 Å².